The fraction of sp³-hybridized carbons (Fsp3) is 0.429. The van der Waals surface area contributed by atoms with Gasteiger partial charge in [-0.25, -0.2) is 9.59 Å². The van der Waals surface area contributed by atoms with Gasteiger partial charge in [0.15, 0.2) is 0 Å². The Morgan fingerprint density at radius 1 is 1.33 bits per heavy atom. The van der Waals surface area contributed by atoms with Gasteiger partial charge in [0.1, 0.15) is 5.75 Å². The first-order valence-electron chi connectivity index (χ1n) is 7.47. The molecule has 0 aliphatic carbocycles. The molecule has 0 radical (unpaired) electrons. The number of tetrazole rings is 1. The Morgan fingerprint density at radius 3 is 2.56 bits per heavy atom. The van der Waals surface area contributed by atoms with Gasteiger partial charge in [0.2, 0.25) is 0 Å². The Kier molecular flexibility index (Phi) is 8.41. The fourth-order valence-electron chi connectivity index (χ4n) is 1.64. The van der Waals surface area contributed by atoms with Crippen LogP contribution in [0.15, 0.2) is 29.1 Å². The minimum atomic E-state index is -4.89. The number of ether oxygens (including phenoxy) is 2. The van der Waals surface area contributed by atoms with E-state index in [2.05, 4.69) is 20.5 Å². The van der Waals surface area contributed by atoms with E-state index >= 15 is 0 Å². The van der Waals surface area contributed by atoms with Crippen LogP contribution in [0, 0.1) is 0 Å². The van der Waals surface area contributed by atoms with Crippen LogP contribution >= 0.6 is 0 Å². The average molecular weight is 392 g/mol. The van der Waals surface area contributed by atoms with Crippen molar-refractivity contribution in [1.29, 1.82) is 0 Å². The summed E-state index contributed by atoms with van der Waals surface area (Å²) in [7, 11) is 1.79. The molecule has 0 aliphatic heterocycles. The number of carbonyl (C=O) groups is 1. The van der Waals surface area contributed by atoms with E-state index in [4.69, 9.17) is 9.84 Å². The fourth-order valence-corrected chi connectivity index (χ4v) is 1.64. The summed E-state index contributed by atoms with van der Waals surface area (Å²) in [6.07, 6.45) is -6.55. The first-order valence-corrected chi connectivity index (χ1v) is 7.47. The monoisotopic (exact) mass is 392 g/mol. The molecule has 0 fully saturated rings. The maximum atomic E-state index is 12.1. The zero-order valence-electron chi connectivity index (χ0n) is 14.4. The van der Waals surface area contributed by atoms with Crippen molar-refractivity contribution in [2.24, 2.45) is 0 Å². The third-order valence-electron chi connectivity index (χ3n) is 2.72. The van der Waals surface area contributed by atoms with Crippen molar-refractivity contribution >= 4 is 6.09 Å². The number of halogens is 3. The summed E-state index contributed by atoms with van der Waals surface area (Å²) in [6, 6.07) is 4.31. The Labute approximate surface area is 151 Å². The van der Waals surface area contributed by atoms with Crippen molar-refractivity contribution < 1.29 is 32.5 Å². The summed E-state index contributed by atoms with van der Waals surface area (Å²) in [4.78, 5) is 22.2. The highest BCUT2D eigenvalue weighted by Gasteiger charge is 2.31. The number of rotatable bonds is 6. The van der Waals surface area contributed by atoms with Crippen LogP contribution in [0.2, 0.25) is 0 Å². The molecule has 1 N–H and O–H groups in total. The minimum Gasteiger partial charge on any atom is -0.663 e. The zero-order chi connectivity index (χ0) is 20.4. The van der Waals surface area contributed by atoms with Crippen LogP contribution in [-0.4, -0.2) is 64.2 Å². The van der Waals surface area contributed by atoms with Crippen LogP contribution in [0.3, 0.4) is 0 Å². The van der Waals surface area contributed by atoms with E-state index in [0.29, 0.717) is 4.68 Å². The van der Waals surface area contributed by atoms with Crippen LogP contribution in [0.1, 0.15) is 6.92 Å². The molecule has 0 amide bonds. The summed E-state index contributed by atoms with van der Waals surface area (Å²) in [5.74, 6) is -0.577. The van der Waals surface area contributed by atoms with Gasteiger partial charge < -0.3 is 19.9 Å². The second-order valence-electron chi connectivity index (χ2n) is 4.65. The second kappa shape index (κ2) is 10.3. The standard InChI is InChI=1S/C9H5F3N4O4.C5H12NO/c10-9(11,12)20-6-3-1-2-5(4-6)15-7(17)16(8(18)19)14-13-15;1-3-7-5-4-6-2/h1-4H,(H,18,19);3-5H2,1-2H3/q;-1. The van der Waals surface area contributed by atoms with E-state index in [-0.39, 0.29) is 10.4 Å². The van der Waals surface area contributed by atoms with Crippen molar-refractivity contribution in [1.82, 2.24) is 19.8 Å². The van der Waals surface area contributed by atoms with Crippen LogP contribution in [0.25, 0.3) is 11.0 Å². The summed E-state index contributed by atoms with van der Waals surface area (Å²) in [5, 5.41) is 18.7. The molecule has 2 rings (SSSR count). The van der Waals surface area contributed by atoms with Crippen molar-refractivity contribution in [3.05, 3.63) is 40.1 Å². The molecule has 0 spiro atoms. The van der Waals surface area contributed by atoms with Gasteiger partial charge in [0, 0.05) is 19.3 Å². The van der Waals surface area contributed by atoms with Gasteiger partial charge in [-0.15, -0.1) is 19.7 Å². The molecule has 0 saturated carbocycles. The van der Waals surface area contributed by atoms with Gasteiger partial charge >= 0.3 is 18.1 Å². The molecule has 27 heavy (non-hydrogen) atoms. The van der Waals surface area contributed by atoms with E-state index in [1.54, 1.807) is 7.05 Å². The maximum absolute atomic E-state index is 12.1. The quantitative estimate of drug-likeness (QED) is 0.588. The Hall–Kier alpha value is -2.93. The summed E-state index contributed by atoms with van der Waals surface area (Å²) >= 11 is 0. The highest BCUT2D eigenvalue weighted by molar-refractivity contribution is 5.66. The van der Waals surface area contributed by atoms with Gasteiger partial charge in [-0.05, 0) is 29.5 Å². The lowest BCUT2D eigenvalue weighted by Crippen LogP contribution is -2.28. The van der Waals surface area contributed by atoms with Gasteiger partial charge in [-0.2, -0.15) is 11.7 Å². The SMILES string of the molecule is CCOCC[N-]C.O=C(O)n1nnn(-c2cccc(OC(F)(F)F)c2)c1=O. The highest BCUT2D eigenvalue weighted by Crippen LogP contribution is 2.23. The van der Waals surface area contributed by atoms with Crippen LogP contribution in [0.4, 0.5) is 18.0 Å². The number of benzene rings is 1. The molecule has 1 aromatic heterocycles. The predicted octanol–water partition coefficient (Wildman–Crippen LogP) is 1.88. The zero-order valence-corrected chi connectivity index (χ0v) is 14.4. The molecule has 1 aromatic carbocycles. The van der Waals surface area contributed by atoms with E-state index in [9.17, 15) is 22.8 Å². The molecule has 2 aromatic rings. The molecular formula is C14H17F3N5O5-. The van der Waals surface area contributed by atoms with Gasteiger partial charge in [0.05, 0.1) is 5.69 Å². The largest absolute Gasteiger partial charge is 0.663 e. The van der Waals surface area contributed by atoms with E-state index < -0.39 is 23.9 Å². The first-order chi connectivity index (χ1) is 12.7. The van der Waals surface area contributed by atoms with E-state index in [1.165, 1.54) is 12.1 Å². The molecular weight excluding hydrogens is 375 g/mol. The third kappa shape index (κ3) is 7.45. The lowest BCUT2D eigenvalue weighted by molar-refractivity contribution is -0.274. The molecule has 0 aliphatic rings. The van der Waals surface area contributed by atoms with E-state index in [1.807, 2.05) is 6.92 Å². The number of alkyl halides is 3. The topological polar surface area (TPSA) is 123 Å². The lowest BCUT2D eigenvalue weighted by Gasteiger charge is -2.09. The second-order valence-corrected chi connectivity index (χ2v) is 4.65. The minimum absolute atomic E-state index is 0.0390. The van der Waals surface area contributed by atoms with Gasteiger partial charge in [-0.1, -0.05) is 10.7 Å². The third-order valence-corrected chi connectivity index (χ3v) is 2.72. The van der Waals surface area contributed by atoms with E-state index in [0.717, 1.165) is 31.9 Å². The lowest BCUT2D eigenvalue weighted by atomic mass is 10.3. The predicted molar refractivity (Wildman–Crippen MR) is 86.4 cm³/mol. The molecule has 1 heterocycles. The first kappa shape index (κ1) is 22.1. The van der Waals surface area contributed by atoms with Crippen molar-refractivity contribution in [2.45, 2.75) is 13.3 Å². The van der Waals surface area contributed by atoms with Crippen molar-refractivity contribution in [3.63, 3.8) is 0 Å². The average Bonchev–Trinajstić information content (AvgIpc) is 2.96. The maximum Gasteiger partial charge on any atom is 0.573 e. The molecule has 0 bridgehead atoms. The molecule has 0 saturated heterocycles. The Balaban J connectivity index is 0.000000445. The highest BCUT2D eigenvalue weighted by atomic mass is 19.4. The Bertz CT molecular complexity index is 786. The molecule has 13 heteroatoms. The number of carboxylic acid groups (broad SMARTS) is 1. The Morgan fingerprint density at radius 2 is 2.04 bits per heavy atom. The smallest absolute Gasteiger partial charge is 0.573 e. The molecule has 0 unspecified atom stereocenters. The molecule has 0 atom stereocenters. The normalized spacial score (nSPS) is 10.9. The summed E-state index contributed by atoms with van der Waals surface area (Å²) in [6.45, 7) is 4.38. The van der Waals surface area contributed by atoms with Crippen molar-refractivity contribution in [2.75, 3.05) is 26.8 Å². The summed E-state index contributed by atoms with van der Waals surface area (Å²) in [5.41, 5.74) is -1.26. The van der Waals surface area contributed by atoms with Crippen molar-refractivity contribution in [3.8, 4) is 11.4 Å². The molecule has 10 nitrogen and oxygen atoms in total. The number of nitrogens with zero attached hydrogens (tertiary/aromatic N) is 5. The summed E-state index contributed by atoms with van der Waals surface area (Å²) < 4.78 is 45.4. The number of aromatic nitrogens is 4. The molecule has 150 valence electrons. The van der Waals surface area contributed by atoms with Crippen LogP contribution in [-0.2, 0) is 4.74 Å². The number of likely N-dealkylation sites (N-methyl/N-ethyl adjacent to an activating group) is 1. The van der Waals surface area contributed by atoms with Gasteiger partial charge in [-0.3, -0.25) is 0 Å². The number of hydrogen-bond donors (Lipinski definition) is 1. The number of hydrogen-bond acceptors (Lipinski definition) is 6. The van der Waals surface area contributed by atoms with Gasteiger partial charge in [0.25, 0.3) is 0 Å². The van der Waals surface area contributed by atoms with Crippen LogP contribution in [0.5, 0.6) is 5.75 Å². The van der Waals surface area contributed by atoms with Crippen LogP contribution < -0.4 is 10.4 Å².